The van der Waals surface area contributed by atoms with Crippen LogP contribution in [-0.2, 0) is 28.9 Å². The summed E-state index contributed by atoms with van der Waals surface area (Å²) in [5, 5.41) is 45.2. The van der Waals surface area contributed by atoms with Gasteiger partial charge in [-0.05, 0) is 44.9 Å². The fraction of sp³-hybridized carbons (Fsp3) is 0.925. The van der Waals surface area contributed by atoms with Gasteiger partial charge in [0.2, 0.25) is 5.91 Å². The molecule has 80 heavy (non-hydrogen) atoms. The van der Waals surface area contributed by atoms with Crippen LogP contribution in [0.25, 0.3) is 0 Å². The van der Waals surface area contributed by atoms with E-state index in [9.17, 15) is 38.2 Å². The average molecular weight is 1160 g/mol. The van der Waals surface area contributed by atoms with Gasteiger partial charge in [0.05, 0.1) is 25.4 Å². The summed E-state index contributed by atoms with van der Waals surface area (Å²) in [7, 11) is -5.08. The maximum absolute atomic E-state index is 13.2. The van der Waals surface area contributed by atoms with Crippen molar-refractivity contribution in [1.82, 2.24) is 5.32 Å². The van der Waals surface area contributed by atoms with E-state index in [0.717, 1.165) is 57.8 Å². The van der Waals surface area contributed by atoms with E-state index in [0.29, 0.717) is 12.8 Å². The lowest BCUT2D eigenvalue weighted by molar-refractivity contribution is -0.298. The summed E-state index contributed by atoms with van der Waals surface area (Å²) >= 11 is 0. The average Bonchev–Trinajstić information content (AvgIpc) is 3.43. The van der Waals surface area contributed by atoms with Gasteiger partial charge in [0, 0.05) is 6.42 Å². The second-order valence-corrected chi connectivity index (χ2v) is 25.2. The summed E-state index contributed by atoms with van der Waals surface area (Å²) < 4.78 is 48.0. The van der Waals surface area contributed by atoms with Crippen LogP contribution in [0.15, 0.2) is 24.3 Å². The first-order valence-corrected chi connectivity index (χ1v) is 35.6. The highest BCUT2D eigenvalue weighted by molar-refractivity contribution is 7.80. The van der Waals surface area contributed by atoms with Crippen LogP contribution in [0.1, 0.15) is 341 Å². The largest absolute Gasteiger partial charge is 0.397 e. The smallest absolute Gasteiger partial charge is 0.394 e. The lowest BCUT2D eigenvalue weighted by atomic mass is 9.99. The number of hydrogen-bond donors (Lipinski definition) is 6. The lowest BCUT2D eigenvalue weighted by Crippen LogP contribution is -2.61. The molecule has 7 unspecified atom stereocenters. The SMILES string of the molecule is CCCCCCCCCCCCCCC/C=C\C/C=C\CCCCCCCCCCCCCCCCCCCC(=O)NC(COC1OC(CO)C(O)C(OS(=O)(=O)O)C1O)C(O)CCCCCCCCCCCCCCCCCC. The molecule has 0 aromatic carbocycles. The predicted molar refractivity (Wildman–Crippen MR) is 333 cm³/mol. The molecular weight excluding hydrogens is 1030 g/mol. The number of unbranched alkanes of at least 4 members (excludes halogenated alkanes) is 45. The molecule has 1 saturated heterocycles. The van der Waals surface area contributed by atoms with Gasteiger partial charge in [-0.25, -0.2) is 4.18 Å². The fourth-order valence-corrected chi connectivity index (χ4v) is 11.8. The van der Waals surface area contributed by atoms with E-state index in [2.05, 4.69) is 47.7 Å². The van der Waals surface area contributed by atoms with Crippen LogP contribution >= 0.6 is 0 Å². The van der Waals surface area contributed by atoms with Crippen molar-refractivity contribution in [1.29, 1.82) is 0 Å². The van der Waals surface area contributed by atoms with Gasteiger partial charge in [-0.2, -0.15) is 8.42 Å². The Morgan fingerprint density at radius 2 is 0.838 bits per heavy atom. The Morgan fingerprint density at radius 1 is 0.500 bits per heavy atom. The van der Waals surface area contributed by atoms with Crippen LogP contribution in [0.3, 0.4) is 0 Å². The van der Waals surface area contributed by atoms with Crippen LogP contribution < -0.4 is 5.32 Å². The lowest BCUT2D eigenvalue weighted by Gasteiger charge is -2.41. The highest BCUT2D eigenvalue weighted by Crippen LogP contribution is 2.27. The molecule has 0 aliphatic carbocycles. The summed E-state index contributed by atoms with van der Waals surface area (Å²) in [5.74, 6) is -0.224. The van der Waals surface area contributed by atoms with Crippen molar-refractivity contribution in [3.05, 3.63) is 24.3 Å². The summed E-state index contributed by atoms with van der Waals surface area (Å²) in [4.78, 5) is 13.2. The minimum Gasteiger partial charge on any atom is -0.394 e. The first-order valence-electron chi connectivity index (χ1n) is 34.2. The molecule has 1 rings (SSSR count). The second kappa shape index (κ2) is 56.7. The number of nitrogens with one attached hydrogen (secondary N) is 1. The van der Waals surface area contributed by atoms with Crippen molar-refractivity contribution in [3.8, 4) is 0 Å². The number of aliphatic hydroxyl groups excluding tert-OH is 4. The molecule has 7 atom stereocenters. The third-order valence-electron chi connectivity index (χ3n) is 16.5. The molecule has 0 radical (unpaired) electrons. The van der Waals surface area contributed by atoms with Crippen molar-refractivity contribution in [3.63, 3.8) is 0 Å². The maximum atomic E-state index is 13.2. The summed E-state index contributed by atoms with van der Waals surface area (Å²) in [6, 6.07) is -0.857. The molecule has 0 aromatic rings. The predicted octanol–water partition coefficient (Wildman–Crippen LogP) is 17.5. The molecule has 1 amide bonds. The number of amides is 1. The zero-order chi connectivity index (χ0) is 58.3. The highest BCUT2D eigenvalue weighted by Gasteiger charge is 2.48. The number of carbonyl (C=O) groups excluding carboxylic acids is 1. The van der Waals surface area contributed by atoms with Crippen molar-refractivity contribution < 1.29 is 51.8 Å². The molecular formula is C67H129NO11S. The van der Waals surface area contributed by atoms with E-state index < -0.39 is 59.9 Å². The Labute approximate surface area is 493 Å². The van der Waals surface area contributed by atoms with Gasteiger partial charge in [-0.1, -0.05) is 314 Å². The van der Waals surface area contributed by atoms with Gasteiger partial charge in [0.1, 0.15) is 24.4 Å². The second-order valence-electron chi connectivity index (χ2n) is 24.1. The number of allylic oxidation sites excluding steroid dienone is 4. The van der Waals surface area contributed by atoms with Gasteiger partial charge in [0.15, 0.2) is 6.29 Å². The van der Waals surface area contributed by atoms with E-state index in [4.69, 9.17) is 9.47 Å². The van der Waals surface area contributed by atoms with Gasteiger partial charge in [0.25, 0.3) is 0 Å². The van der Waals surface area contributed by atoms with E-state index >= 15 is 0 Å². The Kier molecular flexibility index (Phi) is 54.3. The zero-order valence-electron chi connectivity index (χ0n) is 51.9. The summed E-state index contributed by atoms with van der Waals surface area (Å²) in [6.45, 7) is 3.50. The molecule has 1 heterocycles. The summed E-state index contributed by atoms with van der Waals surface area (Å²) in [6.07, 6.45) is 63.7. The number of hydrogen-bond acceptors (Lipinski definition) is 10. The standard InChI is InChI=1S/C67H129NO11S/c1-3-5-7-9-11-13-15-17-19-21-22-23-24-25-26-27-28-29-30-31-32-33-34-35-36-37-38-39-40-41-43-45-47-49-51-53-55-57-63(71)68-60(59-77-67-65(73)66(79-80(74,75)76)64(72)62(58-69)78-67)61(70)56-54-52-50-48-46-44-42-20-18-16-14-12-10-8-6-4-2/h26-27,29-30,60-62,64-67,69-70,72-73H,3-25,28,31-59H2,1-2H3,(H,68,71)(H,74,75,76)/b27-26-,30-29-. The van der Waals surface area contributed by atoms with Gasteiger partial charge in [-0.15, -0.1) is 0 Å². The fourth-order valence-electron chi connectivity index (χ4n) is 11.3. The molecule has 13 heteroatoms. The molecule has 1 aliphatic rings. The van der Waals surface area contributed by atoms with Crippen LogP contribution in [0, 0.1) is 0 Å². The Bertz CT molecular complexity index is 1500. The summed E-state index contributed by atoms with van der Waals surface area (Å²) in [5.41, 5.74) is 0. The Hall–Kier alpha value is -1.42. The maximum Gasteiger partial charge on any atom is 0.397 e. The van der Waals surface area contributed by atoms with Crippen LogP contribution in [0.4, 0.5) is 0 Å². The third kappa shape index (κ3) is 47.9. The van der Waals surface area contributed by atoms with Crippen molar-refractivity contribution in [2.75, 3.05) is 13.2 Å². The first-order chi connectivity index (χ1) is 39.0. The van der Waals surface area contributed by atoms with Gasteiger partial charge in [-0.3, -0.25) is 9.35 Å². The normalized spacial score (nSPS) is 18.7. The molecule has 474 valence electrons. The molecule has 0 bridgehead atoms. The third-order valence-corrected chi connectivity index (χ3v) is 17.0. The van der Waals surface area contributed by atoms with Gasteiger partial charge < -0.3 is 35.2 Å². The molecule has 0 saturated carbocycles. The van der Waals surface area contributed by atoms with Crippen molar-refractivity contribution >= 4 is 16.3 Å². The monoisotopic (exact) mass is 1160 g/mol. The Morgan fingerprint density at radius 3 is 1.19 bits per heavy atom. The first kappa shape index (κ1) is 76.6. The van der Waals surface area contributed by atoms with E-state index in [1.54, 1.807) is 0 Å². The van der Waals surface area contributed by atoms with E-state index in [1.807, 2.05) is 0 Å². The van der Waals surface area contributed by atoms with Crippen molar-refractivity contribution in [2.24, 2.45) is 0 Å². The molecule has 0 spiro atoms. The van der Waals surface area contributed by atoms with E-state index in [1.165, 1.54) is 257 Å². The molecule has 0 aromatic heterocycles. The van der Waals surface area contributed by atoms with Crippen LogP contribution in [0.5, 0.6) is 0 Å². The number of rotatable bonds is 61. The van der Waals surface area contributed by atoms with Gasteiger partial charge >= 0.3 is 10.4 Å². The quantitative estimate of drug-likeness (QED) is 0.0193. The molecule has 12 nitrogen and oxygen atoms in total. The number of ether oxygens (including phenoxy) is 2. The van der Waals surface area contributed by atoms with Crippen molar-refractivity contribution in [2.45, 2.75) is 384 Å². The van der Waals surface area contributed by atoms with Crippen LogP contribution in [0.2, 0.25) is 0 Å². The topological polar surface area (TPSA) is 192 Å². The molecule has 1 fully saturated rings. The number of carbonyl (C=O) groups is 1. The minimum absolute atomic E-state index is 0.224. The highest BCUT2D eigenvalue weighted by atomic mass is 32.3. The zero-order valence-corrected chi connectivity index (χ0v) is 52.7. The minimum atomic E-state index is -5.08. The Balaban J connectivity index is 2.17. The molecule has 6 N–H and O–H groups in total. The van der Waals surface area contributed by atoms with E-state index in [-0.39, 0.29) is 12.5 Å². The number of aliphatic hydroxyl groups is 4. The molecule has 1 aliphatic heterocycles. The van der Waals surface area contributed by atoms with Crippen LogP contribution in [-0.4, -0.2) is 95.4 Å².